The summed E-state index contributed by atoms with van der Waals surface area (Å²) in [6, 6.07) is 3.72. The second-order valence-electron chi connectivity index (χ2n) is 3.46. The number of hydrogen-bond acceptors (Lipinski definition) is 3. The van der Waals surface area contributed by atoms with Crippen molar-refractivity contribution in [3.8, 4) is 0 Å². The van der Waals surface area contributed by atoms with Crippen molar-refractivity contribution in [2.24, 2.45) is 0 Å². The smallest absolute Gasteiger partial charge is 0.144 e. The van der Waals surface area contributed by atoms with Crippen molar-refractivity contribution in [1.82, 2.24) is 4.98 Å². The number of nitrogens with one attached hydrogen (secondary N) is 1. The Kier molecular flexibility index (Phi) is 4.17. The summed E-state index contributed by atoms with van der Waals surface area (Å²) in [4.78, 5) is 4.10. The topological polar surface area (TPSA) is 45.1 Å². The van der Waals surface area contributed by atoms with E-state index in [2.05, 4.69) is 10.3 Å². The van der Waals surface area contributed by atoms with E-state index < -0.39 is 0 Å². The molecule has 0 aliphatic heterocycles. The molecule has 0 saturated heterocycles. The van der Waals surface area contributed by atoms with Gasteiger partial charge in [0.2, 0.25) is 0 Å². The molecule has 78 valence electrons. The van der Waals surface area contributed by atoms with Crippen molar-refractivity contribution in [2.75, 3.05) is 5.32 Å². The average Bonchev–Trinajstić information content (AvgIpc) is 2.07. The molecule has 1 aromatic heterocycles. The highest BCUT2D eigenvalue weighted by atomic mass is 35.5. The molecule has 14 heavy (non-hydrogen) atoms. The van der Waals surface area contributed by atoms with Crippen molar-refractivity contribution in [3.63, 3.8) is 0 Å². The fraction of sp³-hybridized carbons (Fsp3) is 0.500. The van der Waals surface area contributed by atoms with E-state index in [1.807, 2.05) is 6.92 Å². The Bertz CT molecular complexity index is 291. The fourth-order valence-electron chi connectivity index (χ4n) is 1.30. The minimum atomic E-state index is -0.319. The van der Waals surface area contributed by atoms with Gasteiger partial charge in [0.1, 0.15) is 5.82 Å². The van der Waals surface area contributed by atoms with Gasteiger partial charge in [-0.3, -0.25) is 0 Å². The van der Waals surface area contributed by atoms with E-state index in [1.165, 1.54) is 0 Å². The van der Waals surface area contributed by atoms with E-state index in [4.69, 9.17) is 11.6 Å². The van der Waals surface area contributed by atoms with E-state index in [-0.39, 0.29) is 12.1 Å². The summed E-state index contributed by atoms with van der Waals surface area (Å²) >= 11 is 5.92. The van der Waals surface area contributed by atoms with Crippen LogP contribution in [0.2, 0.25) is 5.02 Å². The lowest BCUT2D eigenvalue weighted by atomic mass is 10.1. The van der Waals surface area contributed by atoms with Gasteiger partial charge in [-0.1, -0.05) is 11.6 Å². The first-order chi connectivity index (χ1) is 6.59. The molecule has 1 rings (SSSR count). The molecule has 0 saturated carbocycles. The molecule has 2 N–H and O–H groups in total. The summed E-state index contributed by atoms with van der Waals surface area (Å²) < 4.78 is 0. The molecule has 0 fully saturated rings. The zero-order valence-electron chi connectivity index (χ0n) is 8.37. The van der Waals surface area contributed by atoms with Gasteiger partial charge in [-0.15, -0.1) is 0 Å². The number of pyridine rings is 1. The predicted molar refractivity (Wildman–Crippen MR) is 58.6 cm³/mol. The molecule has 0 spiro atoms. The maximum atomic E-state index is 9.18. The van der Waals surface area contributed by atoms with Gasteiger partial charge in [0.05, 0.1) is 11.1 Å². The summed E-state index contributed by atoms with van der Waals surface area (Å²) in [5, 5.41) is 12.9. The summed E-state index contributed by atoms with van der Waals surface area (Å²) in [6.45, 7) is 3.75. The second-order valence-corrected chi connectivity index (χ2v) is 3.87. The lowest BCUT2D eigenvalue weighted by molar-refractivity contribution is 0.179. The van der Waals surface area contributed by atoms with Crippen LogP contribution in [0.25, 0.3) is 0 Å². The third kappa shape index (κ3) is 3.52. The molecule has 0 bridgehead atoms. The van der Waals surface area contributed by atoms with Crippen LogP contribution in [0, 0.1) is 0 Å². The van der Waals surface area contributed by atoms with Gasteiger partial charge in [0.25, 0.3) is 0 Å². The minimum Gasteiger partial charge on any atom is -0.393 e. The molecule has 4 heteroatoms. The monoisotopic (exact) mass is 214 g/mol. The standard InChI is InChI=1S/C10H15ClN2O/c1-7(6-8(2)14)13-10-9(11)4-3-5-12-10/h3-5,7-8,14H,6H2,1-2H3,(H,12,13). The van der Waals surface area contributed by atoms with Gasteiger partial charge in [0.15, 0.2) is 0 Å². The third-order valence-electron chi connectivity index (χ3n) is 1.84. The molecule has 1 aromatic rings. The van der Waals surface area contributed by atoms with Gasteiger partial charge < -0.3 is 10.4 Å². The normalized spacial score (nSPS) is 14.9. The van der Waals surface area contributed by atoms with Crippen LogP contribution in [0.3, 0.4) is 0 Å². The third-order valence-corrected chi connectivity index (χ3v) is 2.14. The van der Waals surface area contributed by atoms with Crippen molar-refractivity contribution in [2.45, 2.75) is 32.4 Å². The van der Waals surface area contributed by atoms with E-state index in [1.54, 1.807) is 25.3 Å². The number of rotatable bonds is 4. The summed E-state index contributed by atoms with van der Waals surface area (Å²) in [7, 11) is 0. The van der Waals surface area contributed by atoms with Crippen LogP contribution in [0.15, 0.2) is 18.3 Å². The van der Waals surface area contributed by atoms with Gasteiger partial charge in [0, 0.05) is 12.2 Å². The maximum Gasteiger partial charge on any atom is 0.144 e. The average molecular weight is 215 g/mol. The van der Waals surface area contributed by atoms with E-state index in [0.29, 0.717) is 17.3 Å². The fourth-order valence-corrected chi connectivity index (χ4v) is 1.47. The number of aromatic nitrogens is 1. The highest BCUT2D eigenvalue weighted by Gasteiger charge is 2.08. The first-order valence-electron chi connectivity index (χ1n) is 4.64. The van der Waals surface area contributed by atoms with E-state index in [9.17, 15) is 5.11 Å². The van der Waals surface area contributed by atoms with Gasteiger partial charge in [-0.2, -0.15) is 0 Å². The number of hydrogen-bond donors (Lipinski definition) is 2. The Hall–Kier alpha value is -0.800. The molecule has 0 aliphatic rings. The van der Waals surface area contributed by atoms with Crippen LogP contribution in [0.1, 0.15) is 20.3 Å². The summed E-state index contributed by atoms with van der Waals surface area (Å²) in [6.07, 6.45) is 2.04. The predicted octanol–water partition coefficient (Wildman–Crippen LogP) is 2.31. The first kappa shape index (κ1) is 11.3. The molecule has 0 aliphatic carbocycles. The van der Waals surface area contributed by atoms with E-state index >= 15 is 0 Å². The van der Waals surface area contributed by atoms with Crippen LogP contribution in [-0.2, 0) is 0 Å². The van der Waals surface area contributed by atoms with Crippen LogP contribution < -0.4 is 5.32 Å². The van der Waals surface area contributed by atoms with Crippen molar-refractivity contribution >= 4 is 17.4 Å². The molecule has 2 atom stereocenters. The molecule has 2 unspecified atom stereocenters. The van der Waals surface area contributed by atoms with Crippen LogP contribution in [0.4, 0.5) is 5.82 Å². The largest absolute Gasteiger partial charge is 0.393 e. The SMILES string of the molecule is CC(O)CC(C)Nc1ncccc1Cl. The zero-order valence-corrected chi connectivity index (χ0v) is 9.12. The molecule has 0 amide bonds. The molecule has 3 nitrogen and oxygen atoms in total. The van der Waals surface area contributed by atoms with Gasteiger partial charge >= 0.3 is 0 Å². The van der Waals surface area contributed by atoms with Crippen molar-refractivity contribution in [3.05, 3.63) is 23.4 Å². The number of aliphatic hydroxyl groups is 1. The lowest BCUT2D eigenvalue weighted by Crippen LogP contribution is -2.21. The Morgan fingerprint density at radius 3 is 2.86 bits per heavy atom. The zero-order chi connectivity index (χ0) is 10.6. The molecule has 0 radical (unpaired) electrons. The molecule has 0 aromatic carbocycles. The van der Waals surface area contributed by atoms with Gasteiger partial charge in [-0.05, 0) is 32.4 Å². The Morgan fingerprint density at radius 1 is 1.57 bits per heavy atom. The number of anilines is 1. The lowest BCUT2D eigenvalue weighted by Gasteiger charge is -2.16. The van der Waals surface area contributed by atoms with Gasteiger partial charge in [-0.25, -0.2) is 4.98 Å². The molecule has 1 heterocycles. The molecular formula is C10H15ClN2O. The highest BCUT2D eigenvalue weighted by molar-refractivity contribution is 6.32. The van der Waals surface area contributed by atoms with Crippen LogP contribution in [0.5, 0.6) is 0 Å². The van der Waals surface area contributed by atoms with Crippen LogP contribution >= 0.6 is 11.6 Å². The van der Waals surface area contributed by atoms with Crippen LogP contribution in [-0.4, -0.2) is 22.2 Å². The van der Waals surface area contributed by atoms with Crippen molar-refractivity contribution in [1.29, 1.82) is 0 Å². The number of nitrogens with zero attached hydrogens (tertiary/aromatic N) is 1. The number of halogens is 1. The highest BCUT2D eigenvalue weighted by Crippen LogP contribution is 2.18. The molecular weight excluding hydrogens is 200 g/mol. The van der Waals surface area contributed by atoms with Crippen molar-refractivity contribution < 1.29 is 5.11 Å². The summed E-state index contributed by atoms with van der Waals surface area (Å²) in [5.74, 6) is 0.669. The minimum absolute atomic E-state index is 0.155. The van der Waals surface area contributed by atoms with E-state index in [0.717, 1.165) is 0 Å². The Labute approximate surface area is 89.1 Å². The maximum absolute atomic E-state index is 9.18. The summed E-state index contributed by atoms with van der Waals surface area (Å²) in [5.41, 5.74) is 0. The second kappa shape index (κ2) is 5.17. The first-order valence-corrected chi connectivity index (χ1v) is 5.02. The Balaban J connectivity index is 2.56. The number of aliphatic hydroxyl groups excluding tert-OH is 1. The quantitative estimate of drug-likeness (QED) is 0.809. The Morgan fingerprint density at radius 2 is 2.29 bits per heavy atom.